The molecule has 35 heavy (non-hydrogen) atoms. The molecule has 196 valence electrons. The van der Waals surface area contributed by atoms with Gasteiger partial charge in [0.05, 0.1) is 0 Å². The molecule has 0 saturated heterocycles. The molecule has 0 aliphatic heterocycles. The number of hydrogen-bond donors (Lipinski definition) is 6. The monoisotopic (exact) mass is 488 g/mol. The number of carbonyl (C=O) groups is 2. The number of aromatic nitrogens is 1. The van der Waals surface area contributed by atoms with E-state index in [1.807, 2.05) is 30.3 Å². The van der Waals surface area contributed by atoms with Gasteiger partial charge < -0.3 is 36.7 Å². The smallest absolute Gasteiger partial charge is 0.408 e. The van der Waals surface area contributed by atoms with E-state index in [4.69, 9.17) is 10.5 Å². The number of alkyl carbamates (subject to hydrolysis) is 1. The highest BCUT2D eigenvalue weighted by Gasteiger charge is 2.25. The van der Waals surface area contributed by atoms with Gasteiger partial charge in [-0.25, -0.2) is 4.79 Å². The Labute approximate surface area is 209 Å². The van der Waals surface area contributed by atoms with Crippen molar-refractivity contribution in [2.75, 3.05) is 39.3 Å². The van der Waals surface area contributed by atoms with Crippen LogP contribution in [-0.4, -0.2) is 67.9 Å². The van der Waals surface area contributed by atoms with E-state index in [2.05, 4.69) is 26.3 Å². The molecular weight excluding hydrogens is 444 g/mol. The predicted octanol–water partition coefficient (Wildman–Crippen LogP) is 2.42. The van der Waals surface area contributed by atoms with Gasteiger partial charge in [-0.1, -0.05) is 18.2 Å². The minimum Gasteiger partial charge on any atom is -0.444 e. The molecule has 0 radical (unpaired) electrons. The van der Waals surface area contributed by atoms with Gasteiger partial charge in [-0.05, 0) is 96.7 Å². The Morgan fingerprint density at radius 3 is 2.29 bits per heavy atom. The molecule has 1 aromatic heterocycles. The molecule has 1 atom stereocenters. The average molecular weight is 489 g/mol. The zero-order valence-corrected chi connectivity index (χ0v) is 21.5. The summed E-state index contributed by atoms with van der Waals surface area (Å²) in [5.41, 5.74) is 6.71. The lowest BCUT2D eigenvalue weighted by molar-refractivity contribution is -0.123. The fourth-order valence-corrected chi connectivity index (χ4v) is 3.65. The maximum absolute atomic E-state index is 12.9. The minimum atomic E-state index is -0.738. The van der Waals surface area contributed by atoms with Crippen LogP contribution in [0.25, 0.3) is 10.9 Å². The van der Waals surface area contributed by atoms with Crippen molar-refractivity contribution in [2.24, 2.45) is 5.73 Å². The van der Waals surface area contributed by atoms with Crippen molar-refractivity contribution in [2.45, 2.75) is 64.5 Å². The summed E-state index contributed by atoms with van der Waals surface area (Å²) in [6.45, 7) is 10.4. The molecule has 0 spiro atoms. The molecule has 2 aromatic rings. The van der Waals surface area contributed by atoms with E-state index < -0.39 is 17.7 Å². The first-order valence-electron chi connectivity index (χ1n) is 12.7. The summed E-state index contributed by atoms with van der Waals surface area (Å²) in [6.07, 6.45) is 3.80. The summed E-state index contributed by atoms with van der Waals surface area (Å²) in [4.78, 5) is 28.6. The highest BCUT2D eigenvalue weighted by molar-refractivity contribution is 5.86. The number of unbranched alkanes of at least 4 members (excludes halogenated alkanes) is 1. The molecule has 0 aliphatic rings. The van der Waals surface area contributed by atoms with Crippen LogP contribution in [0.1, 0.15) is 52.1 Å². The van der Waals surface area contributed by atoms with Crippen LogP contribution in [-0.2, 0) is 16.0 Å². The maximum Gasteiger partial charge on any atom is 0.408 e. The number of aromatic amines is 1. The Bertz CT molecular complexity index is 860. The van der Waals surface area contributed by atoms with E-state index in [9.17, 15) is 9.59 Å². The number of hydrogen-bond acceptors (Lipinski definition) is 6. The van der Waals surface area contributed by atoms with Crippen LogP contribution in [0.2, 0.25) is 0 Å². The molecule has 9 nitrogen and oxygen atoms in total. The van der Waals surface area contributed by atoms with Gasteiger partial charge in [0.1, 0.15) is 11.6 Å². The summed E-state index contributed by atoms with van der Waals surface area (Å²) in [7, 11) is 0. The largest absolute Gasteiger partial charge is 0.444 e. The molecule has 1 aromatic carbocycles. The molecule has 2 amide bonds. The number of amides is 2. The second kappa shape index (κ2) is 15.4. The number of nitrogens with one attached hydrogen (secondary N) is 5. The number of carbonyl (C=O) groups excluding carboxylic acids is 2. The summed E-state index contributed by atoms with van der Waals surface area (Å²) in [6, 6.07) is 9.19. The molecule has 1 heterocycles. The Kier molecular flexibility index (Phi) is 12.6. The summed E-state index contributed by atoms with van der Waals surface area (Å²) in [5.74, 6) is -0.224. The third kappa shape index (κ3) is 12.1. The van der Waals surface area contributed by atoms with Crippen LogP contribution in [0, 0.1) is 0 Å². The van der Waals surface area contributed by atoms with Crippen LogP contribution in [0.3, 0.4) is 0 Å². The first-order valence-corrected chi connectivity index (χ1v) is 12.7. The Morgan fingerprint density at radius 2 is 1.63 bits per heavy atom. The van der Waals surface area contributed by atoms with Crippen LogP contribution >= 0.6 is 0 Å². The van der Waals surface area contributed by atoms with Crippen molar-refractivity contribution in [3.63, 3.8) is 0 Å². The topological polar surface area (TPSA) is 133 Å². The molecule has 9 heteroatoms. The van der Waals surface area contributed by atoms with E-state index in [1.165, 1.54) is 0 Å². The van der Waals surface area contributed by atoms with Crippen molar-refractivity contribution >= 4 is 22.9 Å². The van der Waals surface area contributed by atoms with E-state index in [0.29, 0.717) is 13.0 Å². The van der Waals surface area contributed by atoms with Crippen molar-refractivity contribution < 1.29 is 14.3 Å². The van der Waals surface area contributed by atoms with E-state index in [-0.39, 0.29) is 5.91 Å². The molecule has 0 aliphatic carbocycles. The average Bonchev–Trinajstić information content (AvgIpc) is 3.20. The number of rotatable bonds is 16. The lowest BCUT2D eigenvalue weighted by Crippen LogP contribution is -2.49. The molecule has 1 unspecified atom stereocenters. The first kappa shape index (κ1) is 28.6. The van der Waals surface area contributed by atoms with Gasteiger partial charge in [0.25, 0.3) is 0 Å². The molecule has 0 fully saturated rings. The number of benzene rings is 1. The second-order valence-corrected chi connectivity index (χ2v) is 9.78. The number of ether oxygens (including phenoxy) is 1. The van der Waals surface area contributed by atoms with Gasteiger partial charge in [0.15, 0.2) is 0 Å². The first-order chi connectivity index (χ1) is 16.8. The van der Waals surface area contributed by atoms with Crippen LogP contribution in [0.4, 0.5) is 4.79 Å². The lowest BCUT2D eigenvalue weighted by Gasteiger charge is -2.23. The quantitative estimate of drug-likeness (QED) is 0.201. The predicted molar refractivity (Wildman–Crippen MR) is 141 cm³/mol. The summed E-state index contributed by atoms with van der Waals surface area (Å²) in [5, 5.41) is 13.5. The third-order valence-corrected chi connectivity index (χ3v) is 5.36. The van der Waals surface area contributed by atoms with E-state index in [0.717, 1.165) is 75.0 Å². The SMILES string of the molecule is CC(C)(C)OC(=O)NC(Cc1cc2ccccc2[nH]1)C(=O)NCCCNCCCCNCCCN. The molecule has 2 rings (SSSR count). The maximum atomic E-state index is 12.9. The Hall–Kier alpha value is -2.62. The normalized spacial score (nSPS) is 12.5. The zero-order valence-electron chi connectivity index (χ0n) is 21.5. The molecule has 0 saturated carbocycles. The van der Waals surface area contributed by atoms with Crippen LogP contribution in [0.15, 0.2) is 30.3 Å². The lowest BCUT2D eigenvalue weighted by atomic mass is 10.1. The zero-order chi connectivity index (χ0) is 25.5. The summed E-state index contributed by atoms with van der Waals surface area (Å²) < 4.78 is 5.37. The fraction of sp³-hybridized carbons (Fsp3) is 0.615. The number of H-pyrrole nitrogens is 1. The van der Waals surface area contributed by atoms with E-state index in [1.54, 1.807) is 20.8 Å². The number of nitrogens with two attached hydrogens (primary N) is 1. The van der Waals surface area contributed by atoms with Gasteiger partial charge >= 0.3 is 6.09 Å². The van der Waals surface area contributed by atoms with Gasteiger partial charge in [-0.3, -0.25) is 4.79 Å². The highest BCUT2D eigenvalue weighted by atomic mass is 16.6. The molecule has 0 bridgehead atoms. The van der Waals surface area contributed by atoms with Crippen LogP contribution in [0.5, 0.6) is 0 Å². The number of para-hydroxylation sites is 1. The van der Waals surface area contributed by atoms with Gasteiger partial charge in [0, 0.05) is 24.2 Å². The van der Waals surface area contributed by atoms with Crippen molar-refractivity contribution in [1.82, 2.24) is 26.3 Å². The van der Waals surface area contributed by atoms with E-state index >= 15 is 0 Å². The van der Waals surface area contributed by atoms with Crippen molar-refractivity contribution in [1.29, 1.82) is 0 Å². The third-order valence-electron chi connectivity index (χ3n) is 5.36. The second-order valence-electron chi connectivity index (χ2n) is 9.78. The molecule has 7 N–H and O–H groups in total. The standard InChI is InChI=1S/C26H44N6O3/c1-26(2,3)35-25(34)32-23(19-21-18-20-10-4-5-11-22(20)31-21)24(33)30-17-9-16-29-14-7-6-13-28-15-8-12-27/h4-5,10-11,18,23,28-29,31H,6-9,12-17,19,27H2,1-3H3,(H,30,33)(H,32,34). The minimum absolute atomic E-state index is 0.224. The Balaban J connectivity index is 1.75. The Morgan fingerprint density at radius 1 is 0.971 bits per heavy atom. The van der Waals surface area contributed by atoms with Gasteiger partial charge in [-0.2, -0.15) is 0 Å². The molecular formula is C26H44N6O3. The van der Waals surface area contributed by atoms with Gasteiger partial charge in [-0.15, -0.1) is 0 Å². The number of fused-ring (bicyclic) bond motifs is 1. The fourth-order valence-electron chi connectivity index (χ4n) is 3.65. The van der Waals surface area contributed by atoms with Crippen molar-refractivity contribution in [3.8, 4) is 0 Å². The summed E-state index contributed by atoms with van der Waals surface area (Å²) >= 11 is 0. The van der Waals surface area contributed by atoms with Crippen LogP contribution < -0.4 is 27.0 Å². The van der Waals surface area contributed by atoms with Crippen molar-refractivity contribution in [3.05, 3.63) is 36.0 Å². The van der Waals surface area contributed by atoms with Gasteiger partial charge in [0.2, 0.25) is 5.91 Å². The highest BCUT2D eigenvalue weighted by Crippen LogP contribution is 2.16.